The monoisotopic (exact) mass is 417 g/mol. The van der Waals surface area contributed by atoms with Crippen LogP contribution in [0.3, 0.4) is 0 Å². The van der Waals surface area contributed by atoms with Crippen molar-refractivity contribution < 1.29 is 17.6 Å². The minimum atomic E-state index is -3.06. The molecular formula is C23H31NO4S. The van der Waals surface area contributed by atoms with Crippen molar-refractivity contribution >= 4 is 15.7 Å². The highest BCUT2D eigenvalue weighted by atomic mass is 32.2. The lowest BCUT2D eigenvalue weighted by Crippen LogP contribution is -2.45. The maximum atomic E-state index is 12.9. The molecule has 1 aromatic heterocycles. The number of carbonyl (C=O) groups is 1. The molecule has 1 aliphatic heterocycles. The Kier molecular flexibility index (Phi) is 6.52. The summed E-state index contributed by atoms with van der Waals surface area (Å²) in [5.74, 6) is 1.46. The normalized spacial score (nSPS) is 20.2. The standard InChI is InChI=1S/C23H31NO4S/c1-16(2)29(26,27)15-21-9-10-24(14-18(21)4)23(25)13-19-7-8-20(12-17(19)3)22-6-5-11-28-22/h5-8,11-12,16,18,21H,9-10,13-15H2,1-4H3. The SMILES string of the molecule is Cc1cc(-c2ccco2)ccc1CC(=O)N1CCC(CS(=O)(=O)C(C)C)C(C)C1. The molecule has 3 rings (SSSR count). The van der Waals surface area contributed by atoms with Gasteiger partial charge in [0.25, 0.3) is 0 Å². The third-order valence-electron chi connectivity index (χ3n) is 6.09. The van der Waals surface area contributed by atoms with E-state index in [0.717, 1.165) is 28.9 Å². The van der Waals surface area contributed by atoms with Crippen LogP contribution in [-0.4, -0.2) is 43.3 Å². The number of benzene rings is 1. The van der Waals surface area contributed by atoms with Gasteiger partial charge in [-0.3, -0.25) is 4.79 Å². The Morgan fingerprint density at radius 2 is 2.03 bits per heavy atom. The zero-order chi connectivity index (χ0) is 21.2. The van der Waals surface area contributed by atoms with Crippen LogP contribution in [0, 0.1) is 18.8 Å². The number of piperidine rings is 1. The summed E-state index contributed by atoms with van der Waals surface area (Å²) in [6.07, 6.45) is 2.76. The van der Waals surface area contributed by atoms with Gasteiger partial charge in [-0.1, -0.05) is 19.1 Å². The number of hydrogen-bond donors (Lipinski definition) is 0. The van der Waals surface area contributed by atoms with E-state index in [1.54, 1.807) is 20.1 Å². The molecule has 0 radical (unpaired) electrons. The van der Waals surface area contributed by atoms with Crippen LogP contribution in [-0.2, 0) is 21.1 Å². The van der Waals surface area contributed by atoms with Gasteiger partial charge < -0.3 is 9.32 Å². The fourth-order valence-electron chi connectivity index (χ4n) is 3.92. The van der Waals surface area contributed by atoms with Crippen molar-refractivity contribution in [2.24, 2.45) is 11.8 Å². The third kappa shape index (κ3) is 5.10. The van der Waals surface area contributed by atoms with Crippen LogP contribution in [0.15, 0.2) is 41.0 Å². The fraction of sp³-hybridized carbons (Fsp3) is 0.522. The van der Waals surface area contributed by atoms with E-state index in [0.29, 0.717) is 19.5 Å². The van der Waals surface area contributed by atoms with Crippen molar-refractivity contribution in [3.05, 3.63) is 47.7 Å². The Balaban J connectivity index is 1.61. The lowest BCUT2D eigenvalue weighted by molar-refractivity contribution is -0.132. The summed E-state index contributed by atoms with van der Waals surface area (Å²) in [5.41, 5.74) is 3.09. The van der Waals surface area contributed by atoms with Crippen LogP contribution < -0.4 is 0 Å². The Bertz CT molecular complexity index is 947. The van der Waals surface area contributed by atoms with E-state index in [4.69, 9.17) is 4.42 Å². The van der Waals surface area contributed by atoms with Crippen LogP contribution in [0.1, 0.15) is 38.3 Å². The van der Waals surface area contributed by atoms with Gasteiger partial charge in [0.1, 0.15) is 5.76 Å². The molecule has 2 aromatic rings. The molecule has 29 heavy (non-hydrogen) atoms. The number of aryl methyl sites for hydroxylation is 1. The molecule has 2 heterocycles. The summed E-state index contributed by atoms with van der Waals surface area (Å²) in [6, 6.07) is 9.81. The lowest BCUT2D eigenvalue weighted by atomic mass is 9.88. The Labute approximate surface area is 174 Å². The first-order valence-corrected chi connectivity index (χ1v) is 12.0. The lowest BCUT2D eigenvalue weighted by Gasteiger charge is -2.37. The highest BCUT2D eigenvalue weighted by molar-refractivity contribution is 7.91. The molecule has 2 unspecified atom stereocenters. The molecule has 1 fully saturated rings. The van der Waals surface area contributed by atoms with Gasteiger partial charge in [-0.25, -0.2) is 8.42 Å². The van der Waals surface area contributed by atoms with Crippen molar-refractivity contribution in [1.82, 2.24) is 4.90 Å². The van der Waals surface area contributed by atoms with Crippen LogP contribution in [0.25, 0.3) is 11.3 Å². The number of amides is 1. The number of sulfone groups is 1. The molecule has 0 spiro atoms. The molecule has 0 bridgehead atoms. The average Bonchev–Trinajstić information content (AvgIpc) is 3.19. The summed E-state index contributed by atoms with van der Waals surface area (Å²) in [5, 5.41) is -0.346. The van der Waals surface area contributed by atoms with Gasteiger partial charge in [-0.2, -0.15) is 0 Å². The molecule has 1 amide bonds. The molecule has 0 N–H and O–H groups in total. The van der Waals surface area contributed by atoms with Gasteiger partial charge >= 0.3 is 0 Å². The van der Waals surface area contributed by atoms with Crippen LogP contribution in [0.2, 0.25) is 0 Å². The first-order valence-electron chi connectivity index (χ1n) is 10.3. The summed E-state index contributed by atoms with van der Waals surface area (Å²) in [7, 11) is -3.06. The number of furan rings is 1. The zero-order valence-electron chi connectivity index (χ0n) is 17.7. The number of hydrogen-bond acceptors (Lipinski definition) is 4. The van der Waals surface area contributed by atoms with E-state index in [-0.39, 0.29) is 28.7 Å². The van der Waals surface area contributed by atoms with Crippen LogP contribution in [0.5, 0.6) is 0 Å². The minimum absolute atomic E-state index is 0.107. The second kappa shape index (κ2) is 8.74. The van der Waals surface area contributed by atoms with Gasteiger partial charge in [-0.15, -0.1) is 0 Å². The van der Waals surface area contributed by atoms with Gasteiger partial charge in [0.2, 0.25) is 5.91 Å². The summed E-state index contributed by atoms with van der Waals surface area (Å²) in [6.45, 7) is 8.80. The van der Waals surface area contributed by atoms with E-state index in [1.807, 2.05) is 42.2 Å². The highest BCUT2D eigenvalue weighted by Crippen LogP contribution is 2.27. The summed E-state index contributed by atoms with van der Waals surface area (Å²) < 4.78 is 30.0. The van der Waals surface area contributed by atoms with Gasteiger partial charge in [0, 0.05) is 18.7 Å². The van der Waals surface area contributed by atoms with Crippen LogP contribution >= 0.6 is 0 Å². The number of nitrogens with zero attached hydrogens (tertiary/aromatic N) is 1. The van der Waals surface area contributed by atoms with Crippen molar-refractivity contribution in [3.8, 4) is 11.3 Å². The molecule has 1 aliphatic rings. The van der Waals surface area contributed by atoms with Gasteiger partial charge in [0.05, 0.1) is 23.7 Å². The largest absolute Gasteiger partial charge is 0.464 e. The van der Waals surface area contributed by atoms with Crippen LogP contribution in [0.4, 0.5) is 0 Å². The van der Waals surface area contributed by atoms with E-state index in [2.05, 4.69) is 6.92 Å². The molecule has 1 saturated heterocycles. The van der Waals surface area contributed by atoms with Crippen molar-refractivity contribution in [1.29, 1.82) is 0 Å². The van der Waals surface area contributed by atoms with Crippen molar-refractivity contribution in [2.75, 3.05) is 18.8 Å². The number of carbonyl (C=O) groups excluding carboxylic acids is 1. The predicted octanol–water partition coefficient (Wildman–Crippen LogP) is 4.11. The maximum Gasteiger partial charge on any atom is 0.227 e. The highest BCUT2D eigenvalue weighted by Gasteiger charge is 2.32. The molecular weight excluding hydrogens is 386 g/mol. The van der Waals surface area contributed by atoms with E-state index < -0.39 is 9.84 Å². The van der Waals surface area contributed by atoms with Crippen molar-refractivity contribution in [2.45, 2.75) is 45.8 Å². The number of rotatable bonds is 6. The second-order valence-electron chi connectivity index (χ2n) is 8.54. The van der Waals surface area contributed by atoms with Gasteiger partial charge in [-0.05, 0) is 68.4 Å². The minimum Gasteiger partial charge on any atom is -0.464 e. The Hall–Kier alpha value is -2.08. The van der Waals surface area contributed by atoms with E-state index in [1.165, 1.54) is 0 Å². The quantitative estimate of drug-likeness (QED) is 0.709. The molecule has 5 nitrogen and oxygen atoms in total. The third-order valence-corrected chi connectivity index (χ3v) is 8.42. The zero-order valence-corrected chi connectivity index (χ0v) is 18.5. The topological polar surface area (TPSA) is 67.6 Å². The van der Waals surface area contributed by atoms with Crippen molar-refractivity contribution in [3.63, 3.8) is 0 Å². The molecule has 0 saturated carbocycles. The smallest absolute Gasteiger partial charge is 0.227 e. The molecule has 1 aromatic carbocycles. The maximum absolute atomic E-state index is 12.9. The first kappa shape index (κ1) is 21.6. The van der Waals surface area contributed by atoms with E-state index in [9.17, 15) is 13.2 Å². The van der Waals surface area contributed by atoms with E-state index >= 15 is 0 Å². The fourth-order valence-corrected chi connectivity index (χ4v) is 5.40. The molecule has 0 aliphatic carbocycles. The molecule has 2 atom stereocenters. The molecule has 158 valence electrons. The number of likely N-dealkylation sites (tertiary alicyclic amines) is 1. The Morgan fingerprint density at radius 3 is 2.62 bits per heavy atom. The predicted molar refractivity (Wildman–Crippen MR) is 115 cm³/mol. The summed E-state index contributed by atoms with van der Waals surface area (Å²) in [4.78, 5) is 14.8. The molecule has 6 heteroatoms. The first-order chi connectivity index (χ1) is 13.7. The van der Waals surface area contributed by atoms with Gasteiger partial charge in [0.15, 0.2) is 9.84 Å². The Morgan fingerprint density at radius 1 is 1.28 bits per heavy atom. The second-order valence-corrected chi connectivity index (χ2v) is 11.1. The summed E-state index contributed by atoms with van der Waals surface area (Å²) >= 11 is 0. The average molecular weight is 418 g/mol.